The summed E-state index contributed by atoms with van der Waals surface area (Å²) in [7, 11) is 0. The molecular weight excluding hydrogens is 145 g/mol. The quantitative estimate of drug-likeness (QED) is 0.600. The first kappa shape index (κ1) is 7.85. The molecule has 3 heteroatoms. The summed E-state index contributed by atoms with van der Waals surface area (Å²) in [6.07, 6.45) is 0.206. The van der Waals surface area contributed by atoms with E-state index in [-0.39, 0.29) is 12.2 Å². The number of nitrogens with zero attached hydrogens (tertiary/aromatic N) is 1. The van der Waals surface area contributed by atoms with Crippen LogP contribution in [0.1, 0.15) is 12.6 Å². The molecule has 11 heavy (non-hydrogen) atoms. The van der Waals surface area contributed by atoms with E-state index in [1.54, 1.807) is 12.1 Å². The fourth-order valence-corrected chi connectivity index (χ4v) is 0.804. The van der Waals surface area contributed by atoms with Crippen molar-refractivity contribution in [1.29, 1.82) is 0 Å². The van der Waals surface area contributed by atoms with Gasteiger partial charge in [-0.25, -0.2) is 4.98 Å². The van der Waals surface area contributed by atoms with Crippen molar-refractivity contribution in [2.45, 2.75) is 13.3 Å². The van der Waals surface area contributed by atoms with Gasteiger partial charge in [-0.1, -0.05) is 6.07 Å². The molecule has 1 aromatic heterocycles. The van der Waals surface area contributed by atoms with Crippen molar-refractivity contribution in [3.63, 3.8) is 0 Å². The van der Waals surface area contributed by atoms with Crippen LogP contribution in [0, 0.1) is 5.95 Å². The Hall–Kier alpha value is -1.25. The SMILES string of the molecule is CC(=O)Cc1cccc(F)n1. The molecule has 1 aromatic rings. The summed E-state index contributed by atoms with van der Waals surface area (Å²) in [5, 5.41) is 0. The maximum Gasteiger partial charge on any atom is 0.213 e. The lowest BCUT2D eigenvalue weighted by molar-refractivity contribution is -0.116. The number of rotatable bonds is 2. The lowest BCUT2D eigenvalue weighted by Gasteiger charge is -1.94. The molecule has 1 heterocycles. The van der Waals surface area contributed by atoms with Crippen LogP contribution in [-0.4, -0.2) is 10.8 Å². The van der Waals surface area contributed by atoms with E-state index in [1.165, 1.54) is 13.0 Å². The minimum Gasteiger partial charge on any atom is -0.300 e. The minimum atomic E-state index is -0.538. The van der Waals surface area contributed by atoms with Gasteiger partial charge in [0.1, 0.15) is 5.78 Å². The predicted octanol–water partition coefficient (Wildman–Crippen LogP) is 1.35. The zero-order chi connectivity index (χ0) is 8.27. The Balaban J connectivity index is 2.79. The van der Waals surface area contributed by atoms with Crippen molar-refractivity contribution in [2.24, 2.45) is 0 Å². The first-order chi connectivity index (χ1) is 5.18. The maximum absolute atomic E-state index is 12.4. The Kier molecular flexibility index (Phi) is 2.31. The predicted molar refractivity (Wildman–Crippen MR) is 38.6 cm³/mol. The van der Waals surface area contributed by atoms with Gasteiger partial charge in [-0.2, -0.15) is 4.39 Å². The van der Waals surface area contributed by atoms with Crippen molar-refractivity contribution < 1.29 is 9.18 Å². The van der Waals surface area contributed by atoms with Crippen molar-refractivity contribution in [3.05, 3.63) is 29.8 Å². The van der Waals surface area contributed by atoms with Gasteiger partial charge in [0.25, 0.3) is 0 Å². The summed E-state index contributed by atoms with van der Waals surface area (Å²) in [5.41, 5.74) is 0.484. The second kappa shape index (κ2) is 3.23. The number of ketones is 1. The van der Waals surface area contributed by atoms with Crippen molar-refractivity contribution >= 4 is 5.78 Å². The number of carbonyl (C=O) groups excluding carboxylic acids is 1. The zero-order valence-corrected chi connectivity index (χ0v) is 6.17. The average Bonchev–Trinajstić information content (AvgIpc) is 1.85. The summed E-state index contributed by atoms with van der Waals surface area (Å²) < 4.78 is 12.4. The number of hydrogen-bond acceptors (Lipinski definition) is 2. The summed E-state index contributed by atoms with van der Waals surface area (Å²) in [5.74, 6) is -0.549. The summed E-state index contributed by atoms with van der Waals surface area (Å²) in [6.45, 7) is 1.45. The first-order valence-corrected chi connectivity index (χ1v) is 3.29. The van der Waals surface area contributed by atoms with E-state index in [9.17, 15) is 9.18 Å². The molecule has 0 atom stereocenters. The Morgan fingerprint density at radius 3 is 2.91 bits per heavy atom. The minimum absolute atomic E-state index is 0.0110. The van der Waals surface area contributed by atoms with E-state index < -0.39 is 5.95 Å². The standard InChI is InChI=1S/C8H8FNO/c1-6(11)5-7-3-2-4-8(9)10-7/h2-4H,5H2,1H3. The topological polar surface area (TPSA) is 30.0 Å². The van der Waals surface area contributed by atoms with E-state index >= 15 is 0 Å². The third kappa shape index (κ3) is 2.45. The van der Waals surface area contributed by atoms with Gasteiger partial charge in [0, 0.05) is 6.42 Å². The van der Waals surface area contributed by atoms with E-state index in [2.05, 4.69) is 4.98 Å². The molecule has 0 spiro atoms. The molecule has 0 fully saturated rings. The zero-order valence-electron chi connectivity index (χ0n) is 6.17. The van der Waals surface area contributed by atoms with Gasteiger partial charge in [-0.05, 0) is 19.1 Å². The Bertz CT molecular complexity index is 273. The Morgan fingerprint density at radius 1 is 1.64 bits per heavy atom. The summed E-state index contributed by atoms with van der Waals surface area (Å²) >= 11 is 0. The second-order valence-corrected chi connectivity index (χ2v) is 2.33. The van der Waals surface area contributed by atoms with Crippen molar-refractivity contribution in [3.8, 4) is 0 Å². The molecule has 0 saturated heterocycles. The average molecular weight is 153 g/mol. The number of pyridine rings is 1. The van der Waals surface area contributed by atoms with Gasteiger partial charge in [0.05, 0.1) is 5.69 Å². The smallest absolute Gasteiger partial charge is 0.213 e. The third-order valence-corrected chi connectivity index (χ3v) is 1.20. The number of hydrogen-bond donors (Lipinski definition) is 0. The lowest BCUT2D eigenvalue weighted by Crippen LogP contribution is -1.99. The molecule has 0 bridgehead atoms. The maximum atomic E-state index is 12.4. The number of carbonyl (C=O) groups is 1. The van der Waals surface area contributed by atoms with Crippen LogP contribution >= 0.6 is 0 Å². The molecule has 1 rings (SSSR count). The van der Waals surface area contributed by atoms with Crippen LogP contribution in [0.5, 0.6) is 0 Å². The van der Waals surface area contributed by atoms with Gasteiger partial charge >= 0.3 is 0 Å². The highest BCUT2D eigenvalue weighted by molar-refractivity contribution is 5.77. The van der Waals surface area contributed by atoms with E-state index in [0.29, 0.717) is 5.69 Å². The van der Waals surface area contributed by atoms with E-state index in [0.717, 1.165) is 0 Å². The van der Waals surface area contributed by atoms with Crippen LogP contribution in [-0.2, 0) is 11.2 Å². The number of aromatic nitrogens is 1. The van der Waals surface area contributed by atoms with Crippen molar-refractivity contribution in [1.82, 2.24) is 4.98 Å². The molecule has 0 amide bonds. The molecule has 0 N–H and O–H groups in total. The highest BCUT2D eigenvalue weighted by Crippen LogP contribution is 1.98. The molecule has 0 unspecified atom stereocenters. The van der Waals surface area contributed by atoms with Crippen molar-refractivity contribution in [2.75, 3.05) is 0 Å². The van der Waals surface area contributed by atoms with Crippen LogP contribution in [0.25, 0.3) is 0 Å². The molecule has 0 aromatic carbocycles. The highest BCUT2D eigenvalue weighted by Gasteiger charge is 1.99. The Morgan fingerprint density at radius 2 is 2.36 bits per heavy atom. The lowest BCUT2D eigenvalue weighted by atomic mass is 10.2. The molecular formula is C8H8FNO. The molecule has 0 radical (unpaired) electrons. The van der Waals surface area contributed by atoms with Gasteiger partial charge in [-0.15, -0.1) is 0 Å². The monoisotopic (exact) mass is 153 g/mol. The largest absolute Gasteiger partial charge is 0.300 e. The van der Waals surface area contributed by atoms with Gasteiger partial charge in [-0.3, -0.25) is 4.79 Å². The van der Waals surface area contributed by atoms with Gasteiger partial charge in [0.15, 0.2) is 0 Å². The molecule has 0 aliphatic carbocycles. The van der Waals surface area contributed by atoms with Crippen LogP contribution in [0.15, 0.2) is 18.2 Å². The van der Waals surface area contributed by atoms with Crippen LogP contribution < -0.4 is 0 Å². The van der Waals surface area contributed by atoms with E-state index in [1.807, 2.05) is 0 Å². The van der Waals surface area contributed by atoms with Crippen LogP contribution in [0.3, 0.4) is 0 Å². The van der Waals surface area contributed by atoms with Crippen LogP contribution in [0.4, 0.5) is 4.39 Å². The second-order valence-electron chi connectivity index (χ2n) is 2.33. The first-order valence-electron chi connectivity index (χ1n) is 3.29. The van der Waals surface area contributed by atoms with Crippen LogP contribution in [0.2, 0.25) is 0 Å². The molecule has 58 valence electrons. The fourth-order valence-electron chi connectivity index (χ4n) is 0.804. The van der Waals surface area contributed by atoms with Gasteiger partial charge in [0.2, 0.25) is 5.95 Å². The Labute approximate surface area is 64.1 Å². The highest BCUT2D eigenvalue weighted by atomic mass is 19.1. The normalized spacial score (nSPS) is 9.64. The molecule has 0 saturated carbocycles. The number of Topliss-reactive ketones (excluding diaryl/α,β-unsaturated/α-hetero) is 1. The molecule has 2 nitrogen and oxygen atoms in total. The fraction of sp³-hybridized carbons (Fsp3) is 0.250. The van der Waals surface area contributed by atoms with E-state index in [4.69, 9.17) is 0 Å². The summed E-state index contributed by atoms with van der Waals surface area (Å²) in [6, 6.07) is 4.43. The summed E-state index contributed by atoms with van der Waals surface area (Å²) in [4.78, 5) is 14.1. The number of halogens is 1. The molecule has 0 aliphatic heterocycles. The molecule has 0 aliphatic rings. The third-order valence-electron chi connectivity index (χ3n) is 1.20. The van der Waals surface area contributed by atoms with Gasteiger partial charge < -0.3 is 0 Å².